The Balaban J connectivity index is 1.68. The van der Waals surface area contributed by atoms with E-state index in [9.17, 15) is 18.3 Å². The molecule has 8 heteroatoms. The predicted octanol–water partition coefficient (Wildman–Crippen LogP) is 0.571. The van der Waals surface area contributed by atoms with Gasteiger partial charge in [-0.1, -0.05) is 6.08 Å². The van der Waals surface area contributed by atoms with Gasteiger partial charge in [0, 0.05) is 38.6 Å². The fraction of sp³-hybridized carbons (Fsp3) is 0.533. The maximum absolute atomic E-state index is 11.8. The lowest BCUT2D eigenvalue weighted by Gasteiger charge is -2.24. The highest BCUT2D eigenvalue weighted by atomic mass is 32.2. The molecule has 2 aliphatic heterocycles. The first kappa shape index (κ1) is 16.2. The number of carbonyl (C=O) groups is 1. The summed E-state index contributed by atoms with van der Waals surface area (Å²) in [5.74, 6) is -0.335. The lowest BCUT2D eigenvalue weighted by molar-refractivity contribution is -0.148. The van der Waals surface area contributed by atoms with Crippen LogP contribution in [0, 0.1) is 11.3 Å². The molecule has 7 nitrogen and oxygen atoms in total. The smallest absolute Gasteiger partial charge is 0.312 e. The second-order valence-electron chi connectivity index (χ2n) is 6.33. The fourth-order valence-electron chi connectivity index (χ4n) is 3.52. The van der Waals surface area contributed by atoms with E-state index in [1.54, 1.807) is 12.3 Å². The van der Waals surface area contributed by atoms with Crippen molar-refractivity contribution in [1.29, 1.82) is 0 Å². The Morgan fingerprint density at radius 1 is 1.48 bits per heavy atom. The molecule has 0 amide bonds. The van der Waals surface area contributed by atoms with E-state index in [1.807, 2.05) is 18.2 Å². The molecule has 0 spiro atoms. The number of sulfonamides is 1. The topological polar surface area (TPSA) is 91.1 Å². The number of carboxylic acids is 1. The first-order valence-electron chi connectivity index (χ1n) is 7.42. The first-order valence-corrected chi connectivity index (χ1v) is 9.27. The van der Waals surface area contributed by atoms with E-state index in [4.69, 9.17) is 4.42 Å². The van der Waals surface area contributed by atoms with Crippen LogP contribution in [-0.4, -0.2) is 67.7 Å². The van der Waals surface area contributed by atoms with Crippen LogP contribution in [0.15, 0.2) is 28.9 Å². The Bertz CT molecular complexity index is 712. The molecule has 2 fully saturated rings. The van der Waals surface area contributed by atoms with Gasteiger partial charge >= 0.3 is 5.97 Å². The van der Waals surface area contributed by atoms with Crippen molar-refractivity contribution >= 4 is 22.1 Å². The number of hydrogen-bond acceptors (Lipinski definition) is 5. The monoisotopic (exact) mass is 340 g/mol. The van der Waals surface area contributed by atoms with E-state index in [2.05, 4.69) is 4.90 Å². The summed E-state index contributed by atoms with van der Waals surface area (Å²) in [5, 5.41) is 9.67. The molecule has 3 heterocycles. The van der Waals surface area contributed by atoms with E-state index < -0.39 is 21.4 Å². The Morgan fingerprint density at radius 2 is 2.26 bits per heavy atom. The third-order valence-corrected chi connectivity index (χ3v) is 5.95. The van der Waals surface area contributed by atoms with Crippen LogP contribution in [0.3, 0.4) is 0 Å². The van der Waals surface area contributed by atoms with Gasteiger partial charge in [0.25, 0.3) is 0 Å². The number of rotatable bonds is 5. The maximum Gasteiger partial charge on any atom is 0.312 e. The Kier molecular flexibility index (Phi) is 4.07. The standard InChI is InChI=1S/C15H20N2O5S/c1-23(20,21)17-9-12-8-16(10-15(12,11-17)14(18)19)6-2-4-13-5-3-7-22-13/h2-5,7,12H,6,8-11H2,1H3,(H,18,19)/b4-2+/t12-,15-/m1/s1. The van der Waals surface area contributed by atoms with Crippen LogP contribution in [0.5, 0.6) is 0 Å². The van der Waals surface area contributed by atoms with Crippen LogP contribution in [-0.2, 0) is 14.8 Å². The lowest BCUT2D eigenvalue weighted by atomic mass is 9.81. The van der Waals surface area contributed by atoms with Gasteiger partial charge in [-0.05, 0) is 18.2 Å². The summed E-state index contributed by atoms with van der Waals surface area (Å²) in [6, 6.07) is 3.65. The van der Waals surface area contributed by atoms with Gasteiger partial charge in [-0.15, -0.1) is 0 Å². The van der Waals surface area contributed by atoms with Crippen molar-refractivity contribution in [3.63, 3.8) is 0 Å². The molecule has 0 bridgehead atoms. The van der Waals surface area contributed by atoms with Crippen molar-refractivity contribution in [3.8, 4) is 0 Å². The molecule has 126 valence electrons. The fourth-order valence-corrected chi connectivity index (χ4v) is 4.44. The number of likely N-dealkylation sites (tertiary alicyclic amines) is 1. The summed E-state index contributed by atoms with van der Waals surface area (Å²) in [7, 11) is -3.36. The highest BCUT2D eigenvalue weighted by Gasteiger charge is 2.58. The molecule has 2 saturated heterocycles. The number of nitrogens with zero attached hydrogens (tertiary/aromatic N) is 2. The average Bonchev–Trinajstić information content (AvgIpc) is 3.10. The number of hydrogen-bond donors (Lipinski definition) is 1. The van der Waals surface area contributed by atoms with Crippen LogP contribution < -0.4 is 0 Å². The van der Waals surface area contributed by atoms with Crippen molar-refractivity contribution < 1.29 is 22.7 Å². The largest absolute Gasteiger partial charge is 0.481 e. The van der Waals surface area contributed by atoms with Gasteiger partial charge in [-0.3, -0.25) is 9.69 Å². The van der Waals surface area contributed by atoms with Gasteiger partial charge in [0.05, 0.1) is 17.9 Å². The molecule has 2 atom stereocenters. The quantitative estimate of drug-likeness (QED) is 0.843. The third kappa shape index (κ3) is 3.06. The summed E-state index contributed by atoms with van der Waals surface area (Å²) in [6.07, 6.45) is 6.51. The molecule has 0 aromatic carbocycles. The number of furan rings is 1. The summed E-state index contributed by atoms with van der Waals surface area (Å²) in [5.41, 5.74) is -0.998. The van der Waals surface area contributed by atoms with E-state index in [-0.39, 0.29) is 19.0 Å². The molecule has 1 aromatic rings. The van der Waals surface area contributed by atoms with Crippen molar-refractivity contribution in [1.82, 2.24) is 9.21 Å². The molecule has 0 aliphatic carbocycles. The van der Waals surface area contributed by atoms with Crippen molar-refractivity contribution in [2.24, 2.45) is 11.3 Å². The zero-order valence-corrected chi connectivity index (χ0v) is 13.7. The summed E-state index contributed by atoms with van der Waals surface area (Å²) in [4.78, 5) is 13.9. The minimum absolute atomic E-state index is 0.0598. The molecule has 0 unspecified atom stereocenters. The van der Waals surface area contributed by atoms with Crippen molar-refractivity contribution in [2.75, 3.05) is 39.0 Å². The molecule has 1 N–H and O–H groups in total. The number of aliphatic carboxylic acids is 1. The van der Waals surface area contributed by atoms with E-state index in [0.717, 1.165) is 12.0 Å². The molecule has 0 saturated carbocycles. The Labute approximate surface area is 135 Å². The van der Waals surface area contributed by atoms with E-state index in [1.165, 1.54) is 4.31 Å². The highest BCUT2D eigenvalue weighted by molar-refractivity contribution is 7.88. The Morgan fingerprint density at radius 3 is 2.83 bits per heavy atom. The second-order valence-corrected chi connectivity index (χ2v) is 8.31. The predicted molar refractivity (Wildman–Crippen MR) is 84.2 cm³/mol. The molecule has 23 heavy (non-hydrogen) atoms. The van der Waals surface area contributed by atoms with E-state index >= 15 is 0 Å². The number of carboxylic acid groups (broad SMARTS) is 1. The molecular weight excluding hydrogens is 320 g/mol. The highest BCUT2D eigenvalue weighted by Crippen LogP contribution is 2.43. The van der Waals surface area contributed by atoms with Gasteiger partial charge in [0.15, 0.2) is 0 Å². The van der Waals surface area contributed by atoms with Gasteiger partial charge in [0.2, 0.25) is 10.0 Å². The third-order valence-electron chi connectivity index (χ3n) is 4.73. The molecular formula is C15H20N2O5S. The molecule has 3 rings (SSSR count). The van der Waals surface area contributed by atoms with Gasteiger partial charge in [-0.25, -0.2) is 12.7 Å². The van der Waals surface area contributed by atoms with Crippen LogP contribution >= 0.6 is 0 Å². The van der Waals surface area contributed by atoms with Gasteiger partial charge in [-0.2, -0.15) is 0 Å². The Hall–Kier alpha value is -1.64. The van der Waals surface area contributed by atoms with Crippen LogP contribution in [0.2, 0.25) is 0 Å². The SMILES string of the molecule is CS(=O)(=O)N1C[C@H]2CN(C/C=C/c3ccco3)C[C@@]2(C(=O)O)C1. The zero-order chi connectivity index (χ0) is 16.7. The summed E-state index contributed by atoms with van der Waals surface area (Å²) in [6.45, 7) is 1.90. The number of fused-ring (bicyclic) bond motifs is 1. The minimum atomic E-state index is -3.36. The van der Waals surface area contributed by atoms with Crippen molar-refractivity contribution in [2.45, 2.75) is 0 Å². The van der Waals surface area contributed by atoms with Gasteiger partial charge in [0.1, 0.15) is 5.76 Å². The normalized spacial score (nSPS) is 29.3. The maximum atomic E-state index is 11.8. The molecule has 2 aliphatic rings. The van der Waals surface area contributed by atoms with Crippen LogP contribution in [0.4, 0.5) is 0 Å². The first-order chi connectivity index (χ1) is 10.8. The lowest BCUT2D eigenvalue weighted by Crippen LogP contribution is -2.41. The van der Waals surface area contributed by atoms with Crippen molar-refractivity contribution in [3.05, 3.63) is 30.2 Å². The molecule has 1 aromatic heterocycles. The van der Waals surface area contributed by atoms with Gasteiger partial charge < -0.3 is 9.52 Å². The van der Waals surface area contributed by atoms with Crippen LogP contribution in [0.1, 0.15) is 5.76 Å². The zero-order valence-electron chi connectivity index (χ0n) is 12.9. The summed E-state index contributed by atoms with van der Waals surface area (Å²) < 4.78 is 29.9. The summed E-state index contributed by atoms with van der Waals surface area (Å²) >= 11 is 0. The minimum Gasteiger partial charge on any atom is -0.481 e. The average molecular weight is 340 g/mol. The molecule has 0 radical (unpaired) electrons. The van der Waals surface area contributed by atoms with E-state index in [0.29, 0.717) is 19.6 Å². The van der Waals surface area contributed by atoms with Crippen LogP contribution in [0.25, 0.3) is 6.08 Å². The second kappa shape index (κ2) is 5.77.